The lowest BCUT2D eigenvalue weighted by molar-refractivity contribution is -0.161. The van der Waals surface area contributed by atoms with Gasteiger partial charge in [0.15, 0.2) is 0 Å². The Morgan fingerprint density at radius 3 is 2.03 bits per heavy atom. The van der Waals surface area contributed by atoms with Crippen LogP contribution < -0.4 is 5.32 Å². The van der Waals surface area contributed by atoms with E-state index in [0.29, 0.717) is 0 Å². The zero-order valence-electron chi connectivity index (χ0n) is 20.8. The first-order chi connectivity index (χ1) is 14.4. The van der Waals surface area contributed by atoms with Crippen LogP contribution >= 0.6 is 0 Å². The molecule has 1 saturated heterocycles. The Hall–Kier alpha value is -2.13. The van der Waals surface area contributed by atoms with Crippen molar-refractivity contribution in [3.63, 3.8) is 0 Å². The molecule has 1 fully saturated rings. The molecule has 0 aromatic carbocycles. The second kappa shape index (κ2) is 10.2. The number of hydrogen-bond donors (Lipinski definition) is 3. The van der Waals surface area contributed by atoms with Crippen LogP contribution in [0.3, 0.4) is 0 Å². The molecule has 0 aromatic heterocycles. The summed E-state index contributed by atoms with van der Waals surface area (Å²) in [6, 6.07) is -2.95. The molecule has 32 heavy (non-hydrogen) atoms. The topological polar surface area (TPSA) is 125 Å². The van der Waals surface area contributed by atoms with Gasteiger partial charge in [-0.3, -0.25) is 9.69 Å². The minimum absolute atomic E-state index is 0.209. The third-order valence-corrected chi connectivity index (χ3v) is 5.00. The highest BCUT2D eigenvalue weighted by atomic mass is 16.6. The Morgan fingerprint density at radius 2 is 1.62 bits per heavy atom. The van der Waals surface area contributed by atoms with Crippen molar-refractivity contribution in [1.82, 2.24) is 10.2 Å². The maximum Gasteiger partial charge on any atom is 0.411 e. The van der Waals surface area contributed by atoms with E-state index in [4.69, 9.17) is 9.47 Å². The van der Waals surface area contributed by atoms with Gasteiger partial charge in [0.05, 0.1) is 18.7 Å². The molecular weight excluding hydrogens is 416 g/mol. The fourth-order valence-corrected chi connectivity index (χ4v) is 3.84. The van der Waals surface area contributed by atoms with E-state index in [1.54, 1.807) is 54.5 Å². The van der Waals surface area contributed by atoms with Crippen molar-refractivity contribution in [1.29, 1.82) is 0 Å². The van der Waals surface area contributed by atoms with E-state index in [0.717, 1.165) is 0 Å². The molecule has 0 radical (unpaired) electrons. The zero-order chi connectivity index (χ0) is 25.1. The number of nitrogens with one attached hydrogen (secondary N) is 1. The Morgan fingerprint density at radius 1 is 1.09 bits per heavy atom. The summed E-state index contributed by atoms with van der Waals surface area (Å²) in [6.07, 6.45) is 3.03. The summed E-state index contributed by atoms with van der Waals surface area (Å²) in [5.41, 5.74) is -3.40. The van der Waals surface area contributed by atoms with Crippen LogP contribution in [0.15, 0.2) is 12.2 Å². The van der Waals surface area contributed by atoms with E-state index < -0.39 is 65.4 Å². The minimum Gasteiger partial charge on any atom is -0.458 e. The van der Waals surface area contributed by atoms with Gasteiger partial charge in [-0.15, -0.1) is 0 Å². The Bertz CT molecular complexity index is 719. The van der Waals surface area contributed by atoms with Gasteiger partial charge in [0.1, 0.15) is 22.8 Å². The van der Waals surface area contributed by atoms with Gasteiger partial charge in [0.25, 0.3) is 0 Å². The number of ether oxygens (including phenoxy) is 2. The third kappa shape index (κ3) is 7.48. The summed E-state index contributed by atoms with van der Waals surface area (Å²) in [6.45, 7) is 14.1. The second-order valence-electron chi connectivity index (χ2n) is 10.5. The molecule has 9 heteroatoms. The van der Waals surface area contributed by atoms with E-state index in [-0.39, 0.29) is 6.42 Å². The lowest BCUT2D eigenvalue weighted by Gasteiger charge is -2.42. The maximum absolute atomic E-state index is 13.3. The van der Waals surface area contributed by atoms with Crippen molar-refractivity contribution < 1.29 is 34.1 Å². The van der Waals surface area contributed by atoms with Crippen LogP contribution in [-0.4, -0.2) is 74.6 Å². The van der Waals surface area contributed by atoms with Crippen molar-refractivity contribution in [2.75, 3.05) is 6.61 Å². The van der Waals surface area contributed by atoms with E-state index in [2.05, 4.69) is 5.32 Å². The quantitative estimate of drug-likeness (QED) is 0.413. The fraction of sp³-hybridized carbons (Fsp3) is 0.783. The molecule has 9 nitrogen and oxygen atoms in total. The molecule has 1 heterocycles. The first-order valence-corrected chi connectivity index (χ1v) is 10.9. The number of allylic oxidation sites excluding steroid dienone is 1. The molecule has 5 atom stereocenters. The average Bonchev–Trinajstić information content (AvgIpc) is 2.96. The summed E-state index contributed by atoms with van der Waals surface area (Å²) < 4.78 is 11.2. The number of carbonyl (C=O) groups excluding carboxylic acids is 3. The minimum atomic E-state index is -1.78. The fourth-order valence-electron chi connectivity index (χ4n) is 3.84. The van der Waals surface area contributed by atoms with Gasteiger partial charge in [-0.25, -0.2) is 9.59 Å². The summed E-state index contributed by atoms with van der Waals surface area (Å²) in [5, 5.41) is 23.5. The Balaban J connectivity index is 3.63. The van der Waals surface area contributed by atoms with Crippen LogP contribution in [0.25, 0.3) is 0 Å². The molecule has 0 saturated carbocycles. The van der Waals surface area contributed by atoms with Crippen molar-refractivity contribution in [2.45, 2.75) is 104 Å². The normalized spacial score (nSPS) is 24.7. The molecule has 1 rings (SSSR count). The number of rotatable bonds is 6. The van der Waals surface area contributed by atoms with Gasteiger partial charge >= 0.3 is 12.1 Å². The molecule has 1 aliphatic heterocycles. The molecule has 0 bridgehead atoms. The molecule has 2 amide bonds. The zero-order valence-corrected chi connectivity index (χ0v) is 20.8. The SMILES string of the molecule is C/C=C\[C@@H]1C[C@H](C(=O)OC(C)(C)C)N(C(=O)OC(C)(C)C)[C@H]1[C@@H](NC(C)=O)[C@@](C)(O)CO. The van der Waals surface area contributed by atoms with Crippen LogP contribution in [0, 0.1) is 5.92 Å². The Labute approximate surface area is 191 Å². The Kier molecular flexibility index (Phi) is 8.90. The van der Waals surface area contributed by atoms with Crippen molar-refractivity contribution in [3.8, 4) is 0 Å². The smallest absolute Gasteiger partial charge is 0.411 e. The van der Waals surface area contributed by atoms with E-state index >= 15 is 0 Å². The summed E-state index contributed by atoms with van der Waals surface area (Å²) >= 11 is 0. The average molecular weight is 457 g/mol. The highest BCUT2D eigenvalue weighted by molar-refractivity contribution is 5.83. The molecule has 0 unspecified atom stereocenters. The largest absolute Gasteiger partial charge is 0.458 e. The number of carbonyl (C=O) groups is 3. The van der Waals surface area contributed by atoms with Gasteiger partial charge < -0.3 is 25.0 Å². The third-order valence-electron chi connectivity index (χ3n) is 5.00. The van der Waals surface area contributed by atoms with Crippen molar-refractivity contribution in [2.24, 2.45) is 5.92 Å². The van der Waals surface area contributed by atoms with Crippen LogP contribution in [0.2, 0.25) is 0 Å². The number of aliphatic hydroxyl groups excluding tert-OH is 1. The number of hydrogen-bond acceptors (Lipinski definition) is 7. The molecule has 184 valence electrons. The number of esters is 1. The molecule has 3 N–H and O–H groups in total. The number of amides is 2. The molecule has 1 aliphatic rings. The van der Waals surface area contributed by atoms with Crippen LogP contribution in [-0.2, 0) is 19.1 Å². The van der Waals surface area contributed by atoms with Gasteiger partial charge in [0.2, 0.25) is 5.91 Å². The lowest BCUT2D eigenvalue weighted by Crippen LogP contribution is -2.65. The molecule has 0 aromatic rings. The van der Waals surface area contributed by atoms with Crippen molar-refractivity contribution >= 4 is 18.0 Å². The predicted molar refractivity (Wildman–Crippen MR) is 120 cm³/mol. The molecular formula is C23H40N2O7. The highest BCUT2D eigenvalue weighted by Gasteiger charge is 2.55. The maximum atomic E-state index is 13.3. The summed E-state index contributed by atoms with van der Waals surface area (Å²) in [5.74, 6) is -1.47. The van der Waals surface area contributed by atoms with Gasteiger partial charge in [0, 0.05) is 12.8 Å². The van der Waals surface area contributed by atoms with Crippen LogP contribution in [0.5, 0.6) is 0 Å². The lowest BCUT2D eigenvalue weighted by atomic mass is 9.83. The first kappa shape index (κ1) is 27.9. The molecule has 0 aliphatic carbocycles. The van der Waals surface area contributed by atoms with Gasteiger partial charge in [-0.1, -0.05) is 12.2 Å². The van der Waals surface area contributed by atoms with E-state index in [1.165, 1.54) is 18.7 Å². The summed E-state index contributed by atoms with van der Waals surface area (Å²) in [4.78, 5) is 39.7. The van der Waals surface area contributed by atoms with E-state index in [9.17, 15) is 24.6 Å². The molecule has 0 spiro atoms. The number of likely N-dealkylation sites (tertiary alicyclic amines) is 1. The monoisotopic (exact) mass is 456 g/mol. The van der Waals surface area contributed by atoms with Gasteiger partial charge in [-0.2, -0.15) is 0 Å². The highest BCUT2D eigenvalue weighted by Crippen LogP contribution is 2.38. The first-order valence-electron chi connectivity index (χ1n) is 10.9. The second-order valence-corrected chi connectivity index (χ2v) is 10.5. The predicted octanol–water partition coefficient (Wildman–Crippen LogP) is 2.15. The number of nitrogens with zero attached hydrogens (tertiary/aromatic N) is 1. The van der Waals surface area contributed by atoms with Gasteiger partial charge in [-0.05, 0) is 61.8 Å². The standard InChI is InChI=1S/C23H40N2O7/c1-10-11-15-12-16(19(28)31-21(3,4)5)25(20(29)32-22(6,7)8)17(15)18(24-14(2)27)23(9,30)13-26/h10-11,15-18,26,30H,12-13H2,1-9H3,(H,24,27)/b11-10-/t15-,16-,17-,18-,23+/m1/s1. The number of aliphatic hydroxyl groups is 2. The van der Waals surface area contributed by atoms with Crippen LogP contribution in [0.4, 0.5) is 4.79 Å². The van der Waals surface area contributed by atoms with E-state index in [1.807, 2.05) is 6.08 Å². The van der Waals surface area contributed by atoms with Crippen molar-refractivity contribution in [3.05, 3.63) is 12.2 Å². The van der Waals surface area contributed by atoms with Crippen LogP contribution in [0.1, 0.15) is 68.7 Å². The summed E-state index contributed by atoms with van der Waals surface area (Å²) in [7, 11) is 0.